The first-order valence-electron chi connectivity index (χ1n) is 3.84. The Morgan fingerprint density at radius 3 is 3.08 bits per heavy atom. The third-order valence-electron chi connectivity index (χ3n) is 1.90. The fourth-order valence-electron chi connectivity index (χ4n) is 1.27. The van der Waals surface area contributed by atoms with Crippen LogP contribution in [0.2, 0.25) is 0 Å². The third kappa shape index (κ3) is 1.25. The molecule has 4 nitrogen and oxygen atoms in total. The molecule has 68 valence electrons. The van der Waals surface area contributed by atoms with Crippen molar-refractivity contribution in [2.24, 2.45) is 0 Å². The summed E-state index contributed by atoms with van der Waals surface area (Å²) in [5, 5.41) is 0.859. The van der Waals surface area contributed by atoms with Crippen molar-refractivity contribution >= 4 is 17.3 Å². The Morgan fingerprint density at radius 1 is 1.62 bits per heavy atom. The quantitative estimate of drug-likeness (QED) is 0.546. The van der Waals surface area contributed by atoms with Crippen LogP contribution in [-0.2, 0) is 0 Å². The van der Waals surface area contributed by atoms with Gasteiger partial charge in [-0.2, -0.15) is 0 Å². The van der Waals surface area contributed by atoms with Crippen molar-refractivity contribution < 1.29 is 0 Å². The lowest BCUT2D eigenvalue weighted by atomic mass is 10.5. The SMILES string of the molecule is CSc1cc2cnc(C)n2c(=O)[nH]1. The number of nitrogens with one attached hydrogen (secondary N) is 1. The Kier molecular flexibility index (Phi) is 1.88. The predicted octanol–water partition coefficient (Wildman–Crippen LogP) is 1.05. The highest BCUT2D eigenvalue weighted by Gasteiger charge is 2.03. The Labute approximate surface area is 79.0 Å². The molecule has 0 aromatic carbocycles. The standard InChI is InChI=1S/C8H9N3OS/c1-5-9-4-6-3-7(13-2)10-8(12)11(5)6/h3-4H,1-2H3,(H,10,12). The van der Waals surface area contributed by atoms with Gasteiger partial charge in [0.1, 0.15) is 5.82 Å². The van der Waals surface area contributed by atoms with Gasteiger partial charge in [0.25, 0.3) is 0 Å². The Balaban J connectivity index is 2.87. The zero-order valence-electron chi connectivity index (χ0n) is 7.37. The Hall–Kier alpha value is -1.23. The molecule has 0 aliphatic heterocycles. The number of thioether (sulfide) groups is 1. The molecule has 0 atom stereocenters. The molecule has 13 heavy (non-hydrogen) atoms. The lowest BCUT2D eigenvalue weighted by Crippen LogP contribution is -2.17. The molecule has 2 heterocycles. The first-order chi connectivity index (χ1) is 6.22. The van der Waals surface area contributed by atoms with Crippen molar-refractivity contribution in [3.63, 3.8) is 0 Å². The summed E-state index contributed by atoms with van der Waals surface area (Å²) in [5.41, 5.74) is 0.711. The number of aryl methyl sites for hydroxylation is 1. The van der Waals surface area contributed by atoms with E-state index in [-0.39, 0.29) is 5.69 Å². The topological polar surface area (TPSA) is 50.2 Å². The lowest BCUT2D eigenvalue weighted by molar-refractivity contribution is 0.900. The van der Waals surface area contributed by atoms with Crippen LogP contribution in [0.1, 0.15) is 5.82 Å². The predicted molar refractivity (Wildman–Crippen MR) is 52.3 cm³/mol. The maximum absolute atomic E-state index is 11.5. The van der Waals surface area contributed by atoms with Crippen LogP contribution in [0.3, 0.4) is 0 Å². The highest BCUT2D eigenvalue weighted by molar-refractivity contribution is 7.98. The van der Waals surface area contributed by atoms with Crippen LogP contribution in [0.5, 0.6) is 0 Å². The van der Waals surface area contributed by atoms with Crippen LogP contribution >= 0.6 is 11.8 Å². The number of hydrogen-bond donors (Lipinski definition) is 1. The molecule has 5 heteroatoms. The Morgan fingerprint density at radius 2 is 2.38 bits per heavy atom. The number of nitrogens with zero attached hydrogens (tertiary/aromatic N) is 2. The summed E-state index contributed by atoms with van der Waals surface area (Å²) in [4.78, 5) is 18.3. The van der Waals surface area contributed by atoms with Crippen LogP contribution in [0.25, 0.3) is 5.52 Å². The molecule has 2 aromatic heterocycles. The van der Waals surface area contributed by atoms with E-state index in [1.807, 2.05) is 12.3 Å². The van der Waals surface area contributed by atoms with Crippen molar-refractivity contribution in [3.8, 4) is 0 Å². The van der Waals surface area contributed by atoms with Gasteiger partial charge in [-0.3, -0.25) is 0 Å². The van der Waals surface area contributed by atoms with Crippen molar-refractivity contribution in [2.75, 3.05) is 6.26 Å². The van der Waals surface area contributed by atoms with E-state index in [1.54, 1.807) is 17.5 Å². The summed E-state index contributed by atoms with van der Waals surface area (Å²) < 4.78 is 1.56. The molecule has 0 bridgehead atoms. The lowest BCUT2D eigenvalue weighted by Gasteiger charge is -1.98. The maximum atomic E-state index is 11.5. The number of H-pyrrole nitrogens is 1. The monoisotopic (exact) mass is 195 g/mol. The number of fused-ring (bicyclic) bond motifs is 1. The molecule has 0 radical (unpaired) electrons. The fraction of sp³-hybridized carbons (Fsp3) is 0.250. The van der Waals surface area contributed by atoms with E-state index in [0.29, 0.717) is 5.82 Å². The van der Waals surface area contributed by atoms with E-state index in [0.717, 1.165) is 10.5 Å². The average Bonchev–Trinajstić information content (AvgIpc) is 2.48. The van der Waals surface area contributed by atoms with Gasteiger partial charge in [-0.15, -0.1) is 11.8 Å². The summed E-state index contributed by atoms with van der Waals surface area (Å²) in [7, 11) is 0. The van der Waals surface area contributed by atoms with Gasteiger partial charge in [0.05, 0.1) is 16.7 Å². The van der Waals surface area contributed by atoms with E-state index >= 15 is 0 Å². The number of rotatable bonds is 1. The van der Waals surface area contributed by atoms with Gasteiger partial charge in [0.2, 0.25) is 0 Å². The van der Waals surface area contributed by atoms with Crippen molar-refractivity contribution in [2.45, 2.75) is 11.9 Å². The molecule has 0 saturated heterocycles. The largest absolute Gasteiger partial charge is 0.332 e. The molecular formula is C8H9N3OS. The van der Waals surface area contributed by atoms with Gasteiger partial charge in [-0.25, -0.2) is 14.2 Å². The van der Waals surface area contributed by atoms with Crippen LogP contribution < -0.4 is 5.69 Å². The minimum atomic E-state index is -0.128. The normalized spacial score (nSPS) is 10.9. The van der Waals surface area contributed by atoms with Crippen LogP contribution in [0, 0.1) is 6.92 Å². The molecule has 2 rings (SSSR count). The third-order valence-corrected chi connectivity index (χ3v) is 2.56. The van der Waals surface area contributed by atoms with Gasteiger partial charge >= 0.3 is 5.69 Å². The minimum absolute atomic E-state index is 0.128. The molecule has 2 aromatic rings. The molecular weight excluding hydrogens is 186 g/mol. The molecule has 0 amide bonds. The first kappa shape index (κ1) is 8.37. The number of aromatic nitrogens is 3. The molecule has 0 saturated carbocycles. The Bertz CT molecular complexity index is 500. The van der Waals surface area contributed by atoms with E-state index < -0.39 is 0 Å². The molecule has 0 unspecified atom stereocenters. The summed E-state index contributed by atoms with van der Waals surface area (Å²) in [6, 6.07) is 1.91. The molecule has 0 fully saturated rings. The van der Waals surface area contributed by atoms with Crippen LogP contribution in [-0.4, -0.2) is 20.6 Å². The second-order valence-electron chi connectivity index (χ2n) is 2.71. The van der Waals surface area contributed by atoms with Gasteiger partial charge in [-0.05, 0) is 19.2 Å². The second-order valence-corrected chi connectivity index (χ2v) is 3.56. The molecule has 0 aliphatic carbocycles. The molecule has 0 spiro atoms. The molecule has 0 aliphatic rings. The summed E-state index contributed by atoms with van der Waals surface area (Å²) >= 11 is 1.51. The summed E-state index contributed by atoms with van der Waals surface area (Å²) in [6.07, 6.45) is 3.62. The van der Waals surface area contributed by atoms with Crippen LogP contribution in [0.15, 0.2) is 22.1 Å². The highest BCUT2D eigenvalue weighted by atomic mass is 32.2. The van der Waals surface area contributed by atoms with Gasteiger partial charge in [0, 0.05) is 0 Å². The first-order valence-corrected chi connectivity index (χ1v) is 5.06. The fourth-order valence-corrected chi connectivity index (χ4v) is 1.70. The van der Waals surface area contributed by atoms with Crippen molar-refractivity contribution in [1.82, 2.24) is 14.4 Å². The summed E-state index contributed by atoms with van der Waals surface area (Å²) in [6.45, 7) is 1.81. The van der Waals surface area contributed by atoms with E-state index in [1.165, 1.54) is 11.8 Å². The minimum Gasteiger partial charge on any atom is -0.302 e. The zero-order chi connectivity index (χ0) is 9.42. The maximum Gasteiger partial charge on any atom is 0.332 e. The summed E-state index contributed by atoms with van der Waals surface area (Å²) in [5.74, 6) is 0.712. The van der Waals surface area contributed by atoms with Gasteiger partial charge in [-0.1, -0.05) is 0 Å². The van der Waals surface area contributed by atoms with E-state index in [9.17, 15) is 4.79 Å². The van der Waals surface area contributed by atoms with Crippen molar-refractivity contribution in [1.29, 1.82) is 0 Å². The zero-order valence-corrected chi connectivity index (χ0v) is 8.18. The molecule has 1 N–H and O–H groups in total. The number of imidazole rings is 1. The average molecular weight is 195 g/mol. The highest BCUT2D eigenvalue weighted by Crippen LogP contribution is 2.12. The number of hydrogen-bond acceptors (Lipinski definition) is 3. The number of aromatic amines is 1. The van der Waals surface area contributed by atoms with E-state index in [4.69, 9.17) is 0 Å². The van der Waals surface area contributed by atoms with E-state index in [2.05, 4.69) is 9.97 Å². The van der Waals surface area contributed by atoms with Gasteiger partial charge < -0.3 is 4.98 Å². The van der Waals surface area contributed by atoms with Gasteiger partial charge in [0.15, 0.2) is 0 Å². The van der Waals surface area contributed by atoms with Crippen molar-refractivity contribution in [3.05, 3.63) is 28.6 Å². The smallest absolute Gasteiger partial charge is 0.302 e. The second kappa shape index (κ2) is 2.92. The van der Waals surface area contributed by atoms with Crippen LogP contribution in [0.4, 0.5) is 0 Å².